The summed E-state index contributed by atoms with van der Waals surface area (Å²) in [5.41, 5.74) is 0.915. The molecular formula is C21H24N2O5. The highest BCUT2D eigenvalue weighted by Crippen LogP contribution is 2.26. The molecule has 0 aliphatic carbocycles. The molecular weight excluding hydrogens is 360 g/mol. The Kier molecular flexibility index (Phi) is 6.37. The summed E-state index contributed by atoms with van der Waals surface area (Å²) in [7, 11) is 3.04. The van der Waals surface area contributed by atoms with E-state index in [9.17, 15) is 9.59 Å². The van der Waals surface area contributed by atoms with Gasteiger partial charge in [-0.3, -0.25) is 9.59 Å². The number of ether oxygens (including phenoxy) is 3. The minimum Gasteiger partial charge on any atom is -0.497 e. The highest BCUT2D eigenvalue weighted by molar-refractivity contribution is 6.06. The van der Waals surface area contributed by atoms with Gasteiger partial charge < -0.3 is 24.4 Å². The number of carbonyl (C=O) groups excluding carboxylic acids is 2. The van der Waals surface area contributed by atoms with E-state index in [4.69, 9.17) is 14.2 Å². The van der Waals surface area contributed by atoms with E-state index in [1.54, 1.807) is 47.4 Å². The summed E-state index contributed by atoms with van der Waals surface area (Å²) in [6, 6.07) is 12.0. The normalized spacial score (nSPS) is 13.1. The first kappa shape index (κ1) is 19.5. The molecule has 0 aromatic heterocycles. The monoisotopic (exact) mass is 384 g/mol. The van der Waals surface area contributed by atoms with Crippen LogP contribution in [0.2, 0.25) is 0 Å². The van der Waals surface area contributed by atoms with E-state index in [1.165, 1.54) is 14.2 Å². The summed E-state index contributed by atoms with van der Waals surface area (Å²) >= 11 is 0. The lowest BCUT2D eigenvalue weighted by Crippen LogP contribution is -2.32. The molecule has 2 aromatic rings. The van der Waals surface area contributed by atoms with E-state index in [-0.39, 0.29) is 18.4 Å². The third kappa shape index (κ3) is 4.73. The van der Waals surface area contributed by atoms with Crippen molar-refractivity contribution in [2.45, 2.75) is 12.8 Å². The van der Waals surface area contributed by atoms with E-state index in [0.717, 1.165) is 25.9 Å². The molecule has 0 atom stereocenters. The van der Waals surface area contributed by atoms with Crippen molar-refractivity contribution in [2.75, 3.05) is 39.2 Å². The second-order valence-electron chi connectivity index (χ2n) is 6.42. The van der Waals surface area contributed by atoms with Crippen LogP contribution in [-0.4, -0.2) is 50.6 Å². The van der Waals surface area contributed by atoms with Crippen LogP contribution >= 0.6 is 0 Å². The Morgan fingerprint density at radius 3 is 2.50 bits per heavy atom. The lowest BCUT2D eigenvalue weighted by Gasteiger charge is -2.16. The molecule has 1 fully saturated rings. The molecule has 2 amide bonds. The van der Waals surface area contributed by atoms with Crippen molar-refractivity contribution in [2.24, 2.45) is 0 Å². The molecule has 0 bridgehead atoms. The quantitative estimate of drug-likeness (QED) is 0.794. The van der Waals surface area contributed by atoms with Gasteiger partial charge >= 0.3 is 0 Å². The van der Waals surface area contributed by atoms with Gasteiger partial charge in [0.05, 0.1) is 19.8 Å². The predicted octanol–water partition coefficient (Wildman–Crippen LogP) is 2.96. The van der Waals surface area contributed by atoms with Gasteiger partial charge in [-0.1, -0.05) is 6.07 Å². The molecule has 28 heavy (non-hydrogen) atoms. The van der Waals surface area contributed by atoms with Gasteiger partial charge in [0, 0.05) is 24.8 Å². The number of carbonyl (C=O) groups is 2. The van der Waals surface area contributed by atoms with Crippen molar-refractivity contribution in [1.29, 1.82) is 0 Å². The summed E-state index contributed by atoms with van der Waals surface area (Å²) in [6.45, 7) is 1.57. The maximum Gasteiger partial charge on any atom is 0.260 e. The van der Waals surface area contributed by atoms with Crippen LogP contribution in [0.1, 0.15) is 23.2 Å². The highest BCUT2D eigenvalue weighted by atomic mass is 16.5. The molecule has 1 saturated heterocycles. The third-order valence-corrected chi connectivity index (χ3v) is 4.56. The maximum atomic E-state index is 12.7. The summed E-state index contributed by atoms with van der Waals surface area (Å²) in [5, 5.41) is 2.82. The van der Waals surface area contributed by atoms with Crippen LogP contribution < -0.4 is 19.5 Å². The van der Waals surface area contributed by atoms with Gasteiger partial charge in [0.1, 0.15) is 17.2 Å². The molecule has 1 aliphatic heterocycles. The van der Waals surface area contributed by atoms with Crippen LogP contribution in [0.5, 0.6) is 17.2 Å². The summed E-state index contributed by atoms with van der Waals surface area (Å²) in [6.07, 6.45) is 2.09. The zero-order valence-electron chi connectivity index (χ0n) is 16.1. The van der Waals surface area contributed by atoms with Crippen LogP contribution in [0.15, 0.2) is 42.5 Å². The molecule has 0 saturated carbocycles. The van der Waals surface area contributed by atoms with Crippen molar-refractivity contribution >= 4 is 17.5 Å². The number of benzene rings is 2. The Labute approximate surface area is 164 Å². The fourth-order valence-corrected chi connectivity index (χ4v) is 3.06. The largest absolute Gasteiger partial charge is 0.497 e. The van der Waals surface area contributed by atoms with E-state index in [1.807, 2.05) is 0 Å². The first-order valence-electron chi connectivity index (χ1n) is 9.14. The van der Waals surface area contributed by atoms with Crippen LogP contribution in [0.25, 0.3) is 0 Å². The van der Waals surface area contributed by atoms with Crippen molar-refractivity contribution in [3.8, 4) is 17.2 Å². The lowest BCUT2D eigenvalue weighted by atomic mass is 10.1. The third-order valence-electron chi connectivity index (χ3n) is 4.56. The number of amides is 2. The summed E-state index contributed by atoms with van der Waals surface area (Å²) in [4.78, 5) is 26.6. The van der Waals surface area contributed by atoms with Crippen molar-refractivity contribution in [1.82, 2.24) is 4.90 Å². The molecule has 1 heterocycles. The average Bonchev–Trinajstić information content (AvgIpc) is 3.26. The van der Waals surface area contributed by atoms with E-state index in [2.05, 4.69) is 5.32 Å². The molecule has 7 nitrogen and oxygen atoms in total. The molecule has 1 aliphatic rings. The number of hydrogen-bond donors (Lipinski definition) is 1. The fraction of sp³-hybridized carbons (Fsp3) is 0.333. The van der Waals surface area contributed by atoms with Crippen molar-refractivity contribution in [3.05, 3.63) is 48.0 Å². The Morgan fingerprint density at radius 1 is 1.00 bits per heavy atom. The Balaban J connectivity index is 1.65. The van der Waals surface area contributed by atoms with Gasteiger partial charge in [0.25, 0.3) is 11.8 Å². The molecule has 1 N–H and O–H groups in total. The van der Waals surface area contributed by atoms with E-state index in [0.29, 0.717) is 28.5 Å². The lowest BCUT2D eigenvalue weighted by molar-refractivity contribution is -0.132. The predicted molar refractivity (Wildman–Crippen MR) is 105 cm³/mol. The van der Waals surface area contributed by atoms with Gasteiger partial charge in [-0.15, -0.1) is 0 Å². The molecule has 0 unspecified atom stereocenters. The van der Waals surface area contributed by atoms with Gasteiger partial charge in [-0.2, -0.15) is 0 Å². The minimum atomic E-state index is -0.332. The summed E-state index contributed by atoms with van der Waals surface area (Å²) in [5.74, 6) is 1.17. The van der Waals surface area contributed by atoms with Gasteiger partial charge in [0.2, 0.25) is 0 Å². The number of anilines is 1. The van der Waals surface area contributed by atoms with Crippen LogP contribution in [-0.2, 0) is 4.79 Å². The Morgan fingerprint density at radius 2 is 1.79 bits per heavy atom. The Bertz CT molecular complexity index is 846. The van der Waals surface area contributed by atoms with Crippen molar-refractivity contribution < 1.29 is 23.8 Å². The molecule has 7 heteroatoms. The van der Waals surface area contributed by atoms with Crippen LogP contribution in [0, 0.1) is 0 Å². The van der Waals surface area contributed by atoms with Crippen LogP contribution in [0.4, 0.5) is 5.69 Å². The number of rotatable bonds is 7. The van der Waals surface area contributed by atoms with Crippen LogP contribution in [0.3, 0.4) is 0 Å². The standard InChI is InChI=1S/C21H24N2O5/c1-26-16-8-9-19(27-2)18(13-16)21(25)22-15-6-5-7-17(12-15)28-14-20(24)23-10-3-4-11-23/h5-9,12-13H,3-4,10-11,14H2,1-2H3,(H,22,25). The second kappa shape index (κ2) is 9.12. The summed E-state index contributed by atoms with van der Waals surface area (Å²) < 4.78 is 16.0. The fourth-order valence-electron chi connectivity index (χ4n) is 3.06. The topological polar surface area (TPSA) is 77.1 Å². The van der Waals surface area contributed by atoms with Gasteiger partial charge in [-0.05, 0) is 43.2 Å². The number of nitrogens with one attached hydrogen (secondary N) is 1. The first-order valence-corrected chi connectivity index (χ1v) is 9.14. The molecule has 2 aromatic carbocycles. The van der Waals surface area contributed by atoms with Crippen molar-refractivity contribution in [3.63, 3.8) is 0 Å². The van der Waals surface area contributed by atoms with Gasteiger partial charge in [-0.25, -0.2) is 0 Å². The second-order valence-corrected chi connectivity index (χ2v) is 6.42. The number of likely N-dealkylation sites (tertiary alicyclic amines) is 1. The zero-order valence-corrected chi connectivity index (χ0v) is 16.1. The van der Waals surface area contributed by atoms with E-state index >= 15 is 0 Å². The maximum absolute atomic E-state index is 12.7. The zero-order chi connectivity index (χ0) is 19.9. The SMILES string of the molecule is COc1ccc(OC)c(C(=O)Nc2cccc(OCC(=O)N3CCCC3)c2)c1. The molecule has 0 spiro atoms. The number of nitrogens with zero attached hydrogens (tertiary/aromatic N) is 1. The molecule has 0 radical (unpaired) electrons. The highest BCUT2D eigenvalue weighted by Gasteiger charge is 2.18. The Hall–Kier alpha value is -3.22. The minimum absolute atomic E-state index is 0.0128. The van der Waals surface area contributed by atoms with Gasteiger partial charge in [0.15, 0.2) is 6.61 Å². The molecule has 148 valence electrons. The first-order chi connectivity index (χ1) is 13.6. The number of hydrogen-bond acceptors (Lipinski definition) is 5. The number of methoxy groups -OCH3 is 2. The van der Waals surface area contributed by atoms with E-state index < -0.39 is 0 Å². The molecule has 3 rings (SSSR count). The smallest absolute Gasteiger partial charge is 0.260 e. The average molecular weight is 384 g/mol.